The maximum Gasteiger partial charge on any atom is 0.257 e. The van der Waals surface area contributed by atoms with Crippen LogP contribution < -0.4 is 0 Å². The normalized spacial score (nSPS) is 17.0. The number of benzene rings is 1. The minimum Gasteiger partial charge on any atom is -0.338 e. The van der Waals surface area contributed by atoms with Gasteiger partial charge in [-0.3, -0.25) is 14.9 Å². The number of nitrogens with one attached hydrogen (secondary N) is 1. The van der Waals surface area contributed by atoms with E-state index in [0.29, 0.717) is 12.1 Å². The third-order valence-corrected chi connectivity index (χ3v) is 5.34. The van der Waals surface area contributed by atoms with Gasteiger partial charge in [0.15, 0.2) is 0 Å². The number of amides is 1. The molecule has 1 saturated heterocycles. The van der Waals surface area contributed by atoms with Crippen molar-refractivity contribution in [2.45, 2.75) is 32.6 Å². The molecule has 1 aliphatic rings. The van der Waals surface area contributed by atoms with Crippen LogP contribution in [0.25, 0.3) is 11.1 Å². The fourth-order valence-electron chi connectivity index (χ4n) is 3.85. The summed E-state index contributed by atoms with van der Waals surface area (Å²) < 4.78 is 13.3. The van der Waals surface area contributed by atoms with Crippen molar-refractivity contribution in [3.63, 3.8) is 0 Å². The van der Waals surface area contributed by atoms with Gasteiger partial charge in [0.1, 0.15) is 5.82 Å². The third-order valence-electron chi connectivity index (χ3n) is 5.34. The molecule has 0 aliphatic carbocycles. The minimum absolute atomic E-state index is 0.0161. The molecule has 0 spiro atoms. The van der Waals surface area contributed by atoms with E-state index in [0.717, 1.165) is 47.6 Å². The number of aromatic nitrogens is 3. The van der Waals surface area contributed by atoms with Crippen LogP contribution in [-0.2, 0) is 0 Å². The Morgan fingerprint density at radius 2 is 1.96 bits per heavy atom. The molecule has 1 aliphatic heterocycles. The Bertz CT molecular complexity index is 996. The summed E-state index contributed by atoms with van der Waals surface area (Å²) in [6.45, 7) is 5.22. The van der Waals surface area contributed by atoms with E-state index in [1.165, 1.54) is 12.1 Å². The van der Waals surface area contributed by atoms with Gasteiger partial charge in [0.05, 0.1) is 11.8 Å². The average Bonchev–Trinajstić information content (AvgIpc) is 3.13. The van der Waals surface area contributed by atoms with E-state index in [1.807, 2.05) is 24.8 Å². The Morgan fingerprint density at radius 1 is 1.18 bits per heavy atom. The molecule has 0 radical (unpaired) electrons. The van der Waals surface area contributed by atoms with Crippen LogP contribution >= 0.6 is 0 Å². The Balaban J connectivity index is 1.59. The maximum absolute atomic E-state index is 13.3. The number of piperidine rings is 1. The minimum atomic E-state index is -0.245. The molecule has 28 heavy (non-hydrogen) atoms. The lowest BCUT2D eigenvalue weighted by atomic mass is 9.92. The third kappa shape index (κ3) is 3.67. The molecule has 5 nitrogen and oxygen atoms in total. The zero-order chi connectivity index (χ0) is 19.7. The van der Waals surface area contributed by atoms with Crippen LogP contribution in [0.1, 0.15) is 46.2 Å². The topological polar surface area (TPSA) is 61.9 Å². The van der Waals surface area contributed by atoms with Gasteiger partial charge in [-0.25, -0.2) is 4.39 Å². The number of hydrogen-bond donors (Lipinski definition) is 1. The molecule has 0 saturated carbocycles. The molecular formula is C22H23FN4O. The first-order valence-corrected chi connectivity index (χ1v) is 9.55. The fraction of sp³-hybridized carbons (Fsp3) is 0.318. The van der Waals surface area contributed by atoms with Crippen LogP contribution in [0.4, 0.5) is 4.39 Å². The van der Waals surface area contributed by atoms with Gasteiger partial charge < -0.3 is 4.90 Å². The summed E-state index contributed by atoms with van der Waals surface area (Å²) in [6.07, 6.45) is 3.53. The van der Waals surface area contributed by atoms with E-state index in [2.05, 4.69) is 16.3 Å². The van der Waals surface area contributed by atoms with Crippen LogP contribution in [0.3, 0.4) is 0 Å². The van der Waals surface area contributed by atoms with Gasteiger partial charge in [-0.05, 0) is 62.1 Å². The highest BCUT2D eigenvalue weighted by Gasteiger charge is 2.28. The van der Waals surface area contributed by atoms with E-state index < -0.39 is 0 Å². The fourth-order valence-corrected chi connectivity index (χ4v) is 3.85. The molecule has 1 amide bonds. The number of pyridine rings is 1. The van der Waals surface area contributed by atoms with Gasteiger partial charge in [-0.2, -0.15) is 5.10 Å². The van der Waals surface area contributed by atoms with E-state index >= 15 is 0 Å². The summed E-state index contributed by atoms with van der Waals surface area (Å²) in [5.41, 5.74) is 5.32. The molecule has 144 valence electrons. The Hall–Kier alpha value is -3.02. The second-order valence-electron chi connectivity index (χ2n) is 7.43. The molecule has 3 heterocycles. The quantitative estimate of drug-likeness (QED) is 0.741. The lowest BCUT2D eigenvalue weighted by molar-refractivity contribution is 0.0705. The van der Waals surface area contributed by atoms with Gasteiger partial charge in [-0.1, -0.05) is 12.1 Å². The number of nitrogens with zero attached hydrogens (tertiary/aromatic N) is 3. The van der Waals surface area contributed by atoms with Gasteiger partial charge in [0.25, 0.3) is 5.91 Å². The number of hydrogen-bond acceptors (Lipinski definition) is 3. The molecule has 1 N–H and O–H groups in total. The number of H-pyrrole nitrogens is 1. The van der Waals surface area contributed by atoms with Gasteiger partial charge in [0, 0.05) is 36.1 Å². The predicted octanol–water partition coefficient (Wildman–Crippen LogP) is 4.25. The summed E-state index contributed by atoms with van der Waals surface area (Å²) >= 11 is 0. The van der Waals surface area contributed by atoms with Crippen molar-refractivity contribution >= 4 is 5.91 Å². The van der Waals surface area contributed by atoms with Crippen LogP contribution in [-0.4, -0.2) is 39.1 Å². The molecule has 4 rings (SSSR count). The highest BCUT2D eigenvalue weighted by molar-refractivity contribution is 5.95. The zero-order valence-electron chi connectivity index (χ0n) is 16.1. The predicted molar refractivity (Wildman–Crippen MR) is 106 cm³/mol. The Morgan fingerprint density at radius 3 is 2.68 bits per heavy atom. The highest BCUT2D eigenvalue weighted by atomic mass is 19.1. The lowest BCUT2D eigenvalue weighted by Crippen LogP contribution is -2.39. The molecule has 2 aromatic heterocycles. The van der Waals surface area contributed by atoms with E-state index in [1.54, 1.807) is 18.3 Å². The number of rotatable bonds is 3. The second-order valence-corrected chi connectivity index (χ2v) is 7.43. The first-order valence-electron chi connectivity index (χ1n) is 9.55. The summed E-state index contributed by atoms with van der Waals surface area (Å²) in [5.74, 6) is -0.0444. The van der Waals surface area contributed by atoms with Gasteiger partial charge in [0.2, 0.25) is 0 Å². The summed E-state index contributed by atoms with van der Waals surface area (Å²) in [4.78, 5) is 19.5. The van der Waals surface area contributed by atoms with Crippen LogP contribution in [0, 0.1) is 19.7 Å². The Labute approximate surface area is 163 Å². The molecule has 1 unspecified atom stereocenters. The molecule has 3 aromatic rings. The van der Waals surface area contributed by atoms with Crippen molar-refractivity contribution in [2.24, 2.45) is 0 Å². The number of likely N-dealkylation sites (tertiary alicyclic amines) is 1. The van der Waals surface area contributed by atoms with Crippen molar-refractivity contribution in [3.8, 4) is 11.1 Å². The second kappa shape index (κ2) is 7.54. The number of carbonyl (C=O) groups excluding carboxylic acids is 1. The smallest absolute Gasteiger partial charge is 0.257 e. The van der Waals surface area contributed by atoms with Crippen LogP contribution in [0.2, 0.25) is 0 Å². The lowest BCUT2D eigenvalue weighted by Gasteiger charge is -2.32. The van der Waals surface area contributed by atoms with E-state index in [-0.39, 0.29) is 17.6 Å². The molecule has 1 aromatic carbocycles. The van der Waals surface area contributed by atoms with Gasteiger partial charge in [-0.15, -0.1) is 0 Å². The molecule has 0 bridgehead atoms. The van der Waals surface area contributed by atoms with Crippen molar-refractivity contribution in [3.05, 3.63) is 71.1 Å². The standard InChI is InChI=1S/C22H23FN4O/c1-14-10-18(16-5-7-19(23)8-6-16)11-21(25-14)17-4-3-9-27(13-17)22(28)20-12-24-26-15(20)2/h5-8,10-12,17H,3-4,9,13H2,1-2H3,(H,24,26). The van der Waals surface area contributed by atoms with Crippen molar-refractivity contribution in [2.75, 3.05) is 13.1 Å². The first kappa shape index (κ1) is 18.3. The number of aromatic amines is 1. The monoisotopic (exact) mass is 378 g/mol. The largest absolute Gasteiger partial charge is 0.338 e. The highest BCUT2D eigenvalue weighted by Crippen LogP contribution is 2.30. The summed E-state index contributed by atoms with van der Waals surface area (Å²) in [7, 11) is 0. The first-order chi connectivity index (χ1) is 13.5. The molecular weight excluding hydrogens is 355 g/mol. The molecule has 6 heteroatoms. The van der Waals surface area contributed by atoms with Crippen LogP contribution in [0.15, 0.2) is 42.6 Å². The summed E-state index contributed by atoms with van der Waals surface area (Å²) in [6, 6.07) is 10.6. The number of aryl methyl sites for hydroxylation is 2. The number of carbonyl (C=O) groups is 1. The van der Waals surface area contributed by atoms with Crippen LogP contribution in [0.5, 0.6) is 0 Å². The molecule has 1 atom stereocenters. The SMILES string of the molecule is Cc1cc(-c2ccc(F)cc2)cc(C2CCCN(C(=O)c3cn[nH]c3C)C2)n1. The van der Waals surface area contributed by atoms with E-state index in [4.69, 9.17) is 4.98 Å². The summed E-state index contributed by atoms with van der Waals surface area (Å²) in [5, 5.41) is 6.80. The molecule has 1 fully saturated rings. The van der Waals surface area contributed by atoms with Crippen molar-refractivity contribution in [1.29, 1.82) is 0 Å². The van der Waals surface area contributed by atoms with Crippen molar-refractivity contribution in [1.82, 2.24) is 20.1 Å². The van der Waals surface area contributed by atoms with Crippen molar-refractivity contribution < 1.29 is 9.18 Å². The average molecular weight is 378 g/mol. The van der Waals surface area contributed by atoms with E-state index in [9.17, 15) is 9.18 Å². The Kier molecular flexibility index (Phi) is 4.94. The van der Waals surface area contributed by atoms with Gasteiger partial charge >= 0.3 is 0 Å². The maximum atomic E-state index is 13.3. The number of halogens is 1. The zero-order valence-corrected chi connectivity index (χ0v) is 16.1.